The summed E-state index contributed by atoms with van der Waals surface area (Å²) >= 11 is 10.5. The van der Waals surface area contributed by atoms with Crippen molar-refractivity contribution in [2.24, 2.45) is 0 Å². The van der Waals surface area contributed by atoms with Crippen LogP contribution in [-0.4, -0.2) is 10.2 Å². The Kier molecular flexibility index (Phi) is 3.56. The van der Waals surface area contributed by atoms with Gasteiger partial charge in [0.25, 0.3) is 0 Å². The first-order chi connectivity index (χ1) is 7.28. The Morgan fingerprint density at radius 1 is 1.27 bits per heavy atom. The summed E-state index contributed by atoms with van der Waals surface area (Å²) < 4.78 is 1.05. The number of hydrogen-bond donors (Lipinski definition) is 1. The molecule has 0 saturated carbocycles. The van der Waals surface area contributed by atoms with E-state index in [-0.39, 0.29) is 0 Å². The molecule has 2 rings (SSSR count). The molecule has 0 fully saturated rings. The molecule has 0 aliphatic rings. The van der Waals surface area contributed by atoms with Crippen molar-refractivity contribution in [2.75, 3.05) is 5.32 Å². The Bertz CT molecular complexity index is 443. The van der Waals surface area contributed by atoms with Crippen molar-refractivity contribution in [3.8, 4) is 0 Å². The lowest BCUT2D eigenvalue weighted by molar-refractivity contribution is 1.04. The summed E-state index contributed by atoms with van der Waals surface area (Å²) in [4.78, 5) is 0. The summed E-state index contributed by atoms with van der Waals surface area (Å²) in [6.45, 7) is 0. The van der Waals surface area contributed by atoms with Gasteiger partial charge in [0.05, 0.1) is 5.88 Å². The minimum atomic E-state index is 0.402. The predicted molar refractivity (Wildman–Crippen MR) is 66.9 cm³/mol. The first kappa shape index (κ1) is 10.9. The molecular formula is C9H7BrClN3S. The van der Waals surface area contributed by atoms with Crippen LogP contribution in [0.1, 0.15) is 5.01 Å². The molecule has 0 amide bonds. The fourth-order valence-electron chi connectivity index (χ4n) is 1.01. The first-order valence-electron chi connectivity index (χ1n) is 4.19. The molecule has 15 heavy (non-hydrogen) atoms. The summed E-state index contributed by atoms with van der Waals surface area (Å²) in [5.41, 5.74) is 0.982. The molecule has 0 unspecified atom stereocenters. The van der Waals surface area contributed by atoms with Gasteiger partial charge in [0.15, 0.2) is 0 Å². The van der Waals surface area contributed by atoms with Crippen molar-refractivity contribution in [1.29, 1.82) is 0 Å². The van der Waals surface area contributed by atoms with Crippen molar-refractivity contribution < 1.29 is 0 Å². The average Bonchev–Trinajstić information content (AvgIpc) is 2.69. The summed E-state index contributed by atoms with van der Waals surface area (Å²) in [6.07, 6.45) is 0. The van der Waals surface area contributed by atoms with Gasteiger partial charge in [-0.25, -0.2) is 0 Å². The standard InChI is InChI=1S/C9H7BrClN3S/c10-6-1-3-7(4-2-6)12-9-14-13-8(5-11)15-9/h1-4H,5H2,(H,12,14). The van der Waals surface area contributed by atoms with Gasteiger partial charge in [-0.05, 0) is 24.3 Å². The summed E-state index contributed by atoms with van der Waals surface area (Å²) in [6, 6.07) is 7.86. The lowest BCUT2D eigenvalue weighted by atomic mass is 10.3. The Morgan fingerprint density at radius 2 is 2.00 bits per heavy atom. The first-order valence-corrected chi connectivity index (χ1v) is 6.33. The number of nitrogens with zero attached hydrogens (tertiary/aromatic N) is 2. The SMILES string of the molecule is ClCc1nnc(Nc2ccc(Br)cc2)s1. The molecule has 1 N–H and O–H groups in total. The van der Waals surface area contributed by atoms with Gasteiger partial charge in [0.1, 0.15) is 5.01 Å². The maximum atomic E-state index is 5.64. The molecular weight excluding hydrogens is 298 g/mol. The molecule has 0 spiro atoms. The number of anilines is 2. The number of hydrogen-bond acceptors (Lipinski definition) is 4. The molecule has 0 bridgehead atoms. The van der Waals surface area contributed by atoms with E-state index < -0.39 is 0 Å². The Balaban J connectivity index is 2.11. The average molecular weight is 305 g/mol. The van der Waals surface area contributed by atoms with Crippen molar-refractivity contribution in [3.05, 3.63) is 33.7 Å². The largest absolute Gasteiger partial charge is 0.330 e. The number of nitrogens with one attached hydrogen (secondary N) is 1. The van der Waals surface area contributed by atoms with E-state index in [1.165, 1.54) is 11.3 Å². The highest BCUT2D eigenvalue weighted by molar-refractivity contribution is 9.10. The minimum Gasteiger partial charge on any atom is -0.330 e. The third-order valence-corrected chi connectivity index (χ3v) is 3.46. The molecule has 1 heterocycles. The molecule has 1 aromatic heterocycles. The lowest BCUT2D eigenvalue weighted by Crippen LogP contribution is -1.88. The fraction of sp³-hybridized carbons (Fsp3) is 0.111. The molecule has 0 aliphatic heterocycles. The minimum absolute atomic E-state index is 0.402. The molecule has 0 radical (unpaired) electrons. The Morgan fingerprint density at radius 3 is 2.60 bits per heavy atom. The number of alkyl halides is 1. The molecule has 2 aromatic rings. The second-order valence-electron chi connectivity index (χ2n) is 2.77. The third kappa shape index (κ3) is 2.90. The van der Waals surface area contributed by atoms with E-state index in [0.29, 0.717) is 5.88 Å². The number of rotatable bonds is 3. The van der Waals surface area contributed by atoms with Gasteiger partial charge in [-0.3, -0.25) is 0 Å². The van der Waals surface area contributed by atoms with Gasteiger partial charge in [-0.1, -0.05) is 27.3 Å². The molecule has 3 nitrogen and oxygen atoms in total. The van der Waals surface area contributed by atoms with Crippen molar-refractivity contribution in [1.82, 2.24) is 10.2 Å². The fourth-order valence-corrected chi connectivity index (χ4v) is 2.11. The molecule has 6 heteroatoms. The highest BCUT2D eigenvalue weighted by Crippen LogP contribution is 2.22. The normalized spacial score (nSPS) is 10.3. The molecule has 1 aromatic carbocycles. The van der Waals surface area contributed by atoms with Crippen LogP contribution in [0.2, 0.25) is 0 Å². The van der Waals surface area contributed by atoms with Crippen LogP contribution in [0.15, 0.2) is 28.7 Å². The summed E-state index contributed by atoms with van der Waals surface area (Å²) in [5.74, 6) is 0.402. The number of halogens is 2. The smallest absolute Gasteiger partial charge is 0.210 e. The van der Waals surface area contributed by atoms with E-state index >= 15 is 0 Å². The van der Waals surface area contributed by atoms with Crippen LogP contribution in [0.3, 0.4) is 0 Å². The van der Waals surface area contributed by atoms with Crippen LogP contribution in [0.25, 0.3) is 0 Å². The highest BCUT2D eigenvalue weighted by atomic mass is 79.9. The number of aromatic nitrogens is 2. The molecule has 78 valence electrons. The van der Waals surface area contributed by atoms with E-state index in [9.17, 15) is 0 Å². The monoisotopic (exact) mass is 303 g/mol. The predicted octanol–water partition coefficient (Wildman–Crippen LogP) is 3.78. The van der Waals surface area contributed by atoms with Crippen molar-refractivity contribution in [3.63, 3.8) is 0 Å². The van der Waals surface area contributed by atoms with E-state index in [2.05, 4.69) is 31.4 Å². The van der Waals surface area contributed by atoms with Gasteiger partial charge >= 0.3 is 0 Å². The topological polar surface area (TPSA) is 37.8 Å². The van der Waals surface area contributed by atoms with E-state index in [4.69, 9.17) is 11.6 Å². The van der Waals surface area contributed by atoms with Crippen molar-refractivity contribution >= 4 is 49.7 Å². The van der Waals surface area contributed by atoms with Gasteiger partial charge in [0, 0.05) is 10.2 Å². The highest BCUT2D eigenvalue weighted by Gasteiger charge is 2.02. The maximum Gasteiger partial charge on any atom is 0.210 e. The van der Waals surface area contributed by atoms with Crippen molar-refractivity contribution in [2.45, 2.75) is 5.88 Å². The van der Waals surface area contributed by atoms with Crippen LogP contribution >= 0.6 is 38.9 Å². The van der Waals surface area contributed by atoms with Crippen LogP contribution in [0.5, 0.6) is 0 Å². The lowest BCUT2D eigenvalue weighted by Gasteiger charge is -2.00. The van der Waals surface area contributed by atoms with Gasteiger partial charge in [-0.15, -0.1) is 21.8 Å². The maximum absolute atomic E-state index is 5.64. The Hall–Kier alpha value is -0.650. The van der Waals surface area contributed by atoms with Crippen LogP contribution < -0.4 is 5.32 Å². The second-order valence-corrected chi connectivity index (χ2v) is 5.01. The summed E-state index contributed by atoms with van der Waals surface area (Å²) in [7, 11) is 0. The van der Waals surface area contributed by atoms with Gasteiger partial charge < -0.3 is 5.32 Å². The van der Waals surface area contributed by atoms with Gasteiger partial charge in [-0.2, -0.15) is 0 Å². The van der Waals surface area contributed by atoms with Gasteiger partial charge in [0.2, 0.25) is 5.13 Å². The third-order valence-electron chi connectivity index (χ3n) is 1.68. The zero-order valence-electron chi connectivity index (χ0n) is 7.58. The zero-order chi connectivity index (χ0) is 10.7. The van der Waals surface area contributed by atoms with E-state index in [1.807, 2.05) is 24.3 Å². The molecule has 0 saturated heterocycles. The zero-order valence-corrected chi connectivity index (χ0v) is 10.7. The van der Waals surface area contributed by atoms with Crippen LogP contribution in [-0.2, 0) is 5.88 Å². The Labute approximate surface area is 105 Å². The summed E-state index contributed by atoms with van der Waals surface area (Å²) in [5, 5.41) is 12.6. The van der Waals surface area contributed by atoms with Crippen LogP contribution in [0.4, 0.5) is 10.8 Å². The van der Waals surface area contributed by atoms with E-state index in [1.54, 1.807) is 0 Å². The quantitative estimate of drug-likeness (QED) is 0.877. The molecule has 0 aliphatic carbocycles. The number of benzene rings is 1. The van der Waals surface area contributed by atoms with Crippen LogP contribution in [0, 0.1) is 0 Å². The second kappa shape index (κ2) is 4.92. The van der Waals surface area contributed by atoms with E-state index in [0.717, 1.165) is 20.3 Å². The molecule has 0 atom stereocenters.